The van der Waals surface area contributed by atoms with Gasteiger partial charge in [0.15, 0.2) is 0 Å². The average Bonchev–Trinajstić information content (AvgIpc) is 3.17. The molecule has 0 unspecified atom stereocenters. The van der Waals surface area contributed by atoms with Gasteiger partial charge in [-0.05, 0) is 59.4 Å². The fraction of sp³-hybridized carbons (Fsp3) is 0.348. The van der Waals surface area contributed by atoms with Gasteiger partial charge in [-0.3, -0.25) is 0 Å². The second-order valence-corrected chi connectivity index (χ2v) is 7.37. The lowest BCUT2D eigenvalue weighted by atomic mass is 9.91. The van der Waals surface area contributed by atoms with Crippen LogP contribution in [0, 0.1) is 0 Å². The van der Waals surface area contributed by atoms with Gasteiger partial charge in [0.25, 0.3) is 0 Å². The minimum atomic E-state index is 0.521. The first-order chi connectivity index (χ1) is 12.2. The van der Waals surface area contributed by atoms with E-state index in [1.54, 1.807) is 0 Å². The summed E-state index contributed by atoms with van der Waals surface area (Å²) in [5.41, 5.74) is 2.78. The second-order valence-electron chi connectivity index (χ2n) is 7.37. The van der Waals surface area contributed by atoms with Gasteiger partial charge in [-0.1, -0.05) is 57.0 Å². The number of hydrogen-bond acceptors (Lipinski definition) is 2. The summed E-state index contributed by atoms with van der Waals surface area (Å²) in [5.74, 6) is 2.70. The Kier molecular flexibility index (Phi) is 4.44. The molecule has 0 radical (unpaired) electrons. The summed E-state index contributed by atoms with van der Waals surface area (Å²) in [7, 11) is 0. The van der Waals surface area contributed by atoms with Gasteiger partial charge in [0, 0.05) is 11.6 Å². The number of nitrogens with zero attached hydrogens (tertiary/aromatic N) is 1. The van der Waals surface area contributed by atoms with Crippen LogP contribution in [0.2, 0.25) is 0 Å². The fourth-order valence-electron chi connectivity index (χ4n) is 3.86. The van der Waals surface area contributed by atoms with Crippen molar-refractivity contribution in [2.24, 2.45) is 0 Å². The average molecular weight is 331 g/mol. The third-order valence-electron chi connectivity index (χ3n) is 5.33. The van der Waals surface area contributed by atoms with Gasteiger partial charge in [-0.2, -0.15) is 0 Å². The Hall–Kier alpha value is -2.35. The van der Waals surface area contributed by atoms with Gasteiger partial charge in [0.2, 0.25) is 5.88 Å². The van der Waals surface area contributed by atoms with Crippen molar-refractivity contribution in [1.29, 1.82) is 0 Å². The zero-order valence-corrected chi connectivity index (χ0v) is 15.0. The largest absolute Gasteiger partial charge is 0.438 e. The number of para-hydroxylation sites is 1. The van der Waals surface area contributed by atoms with E-state index in [2.05, 4.69) is 38.2 Å². The molecule has 1 fully saturated rings. The molecule has 0 atom stereocenters. The van der Waals surface area contributed by atoms with Crippen LogP contribution in [0.4, 0.5) is 0 Å². The number of hydrogen-bond donors (Lipinski definition) is 0. The first-order valence-corrected chi connectivity index (χ1v) is 9.38. The summed E-state index contributed by atoms with van der Waals surface area (Å²) >= 11 is 0. The lowest BCUT2D eigenvalue weighted by Gasteiger charge is -2.17. The minimum Gasteiger partial charge on any atom is -0.438 e. The highest BCUT2D eigenvalue weighted by molar-refractivity contribution is 5.90. The number of aromatic nitrogens is 1. The molecule has 0 saturated heterocycles. The van der Waals surface area contributed by atoms with Gasteiger partial charge < -0.3 is 4.74 Å². The van der Waals surface area contributed by atoms with Crippen LogP contribution in [-0.2, 0) is 0 Å². The molecule has 2 aromatic carbocycles. The zero-order chi connectivity index (χ0) is 17.2. The molecule has 1 saturated carbocycles. The van der Waals surface area contributed by atoms with Crippen molar-refractivity contribution < 1.29 is 4.74 Å². The van der Waals surface area contributed by atoms with Crippen LogP contribution in [0.5, 0.6) is 11.6 Å². The molecule has 1 aliphatic carbocycles. The number of ether oxygens (including phenoxy) is 1. The highest BCUT2D eigenvalue weighted by Gasteiger charge is 2.21. The molecular weight excluding hydrogens is 306 g/mol. The number of fused-ring (bicyclic) bond motifs is 1. The summed E-state index contributed by atoms with van der Waals surface area (Å²) < 4.78 is 6.10. The minimum absolute atomic E-state index is 0.521. The molecule has 1 aromatic heterocycles. The molecule has 1 heterocycles. The van der Waals surface area contributed by atoms with E-state index in [1.807, 2.05) is 30.3 Å². The first-order valence-electron chi connectivity index (χ1n) is 9.38. The smallest absolute Gasteiger partial charge is 0.227 e. The Morgan fingerprint density at radius 2 is 1.72 bits per heavy atom. The molecule has 128 valence electrons. The lowest BCUT2D eigenvalue weighted by Crippen LogP contribution is -1.99. The van der Waals surface area contributed by atoms with E-state index < -0.39 is 0 Å². The zero-order valence-electron chi connectivity index (χ0n) is 15.0. The number of benzene rings is 2. The summed E-state index contributed by atoms with van der Waals surface area (Å²) in [5, 5.41) is 2.44. The van der Waals surface area contributed by atoms with Crippen LogP contribution in [0.3, 0.4) is 0 Å². The molecule has 25 heavy (non-hydrogen) atoms. The van der Waals surface area contributed by atoms with Crippen LogP contribution >= 0.6 is 0 Å². The van der Waals surface area contributed by atoms with Crippen LogP contribution in [-0.4, -0.2) is 4.98 Å². The van der Waals surface area contributed by atoms with E-state index in [1.165, 1.54) is 42.2 Å². The molecule has 4 rings (SSSR count). The molecule has 2 heteroatoms. The van der Waals surface area contributed by atoms with Gasteiger partial charge in [-0.15, -0.1) is 0 Å². The quantitative estimate of drug-likeness (QED) is 0.524. The van der Waals surface area contributed by atoms with E-state index in [0.717, 1.165) is 11.1 Å². The van der Waals surface area contributed by atoms with Crippen LogP contribution in [0.15, 0.2) is 54.7 Å². The Morgan fingerprint density at radius 3 is 2.44 bits per heavy atom. The molecule has 0 N–H and O–H groups in total. The van der Waals surface area contributed by atoms with Crippen molar-refractivity contribution >= 4 is 10.8 Å². The SMILES string of the molecule is CC(C)c1ccc2c(Oc3ccccc3)ncc(C3CCCC3)c2c1. The summed E-state index contributed by atoms with van der Waals surface area (Å²) in [6.07, 6.45) is 7.28. The van der Waals surface area contributed by atoms with E-state index in [0.29, 0.717) is 17.7 Å². The van der Waals surface area contributed by atoms with Crippen molar-refractivity contribution in [3.63, 3.8) is 0 Å². The highest BCUT2D eigenvalue weighted by atomic mass is 16.5. The van der Waals surface area contributed by atoms with Crippen LogP contribution < -0.4 is 4.74 Å². The van der Waals surface area contributed by atoms with Gasteiger partial charge in [0.05, 0.1) is 0 Å². The van der Waals surface area contributed by atoms with Gasteiger partial charge in [0.1, 0.15) is 5.75 Å². The maximum absolute atomic E-state index is 6.10. The molecule has 1 aliphatic rings. The summed E-state index contributed by atoms with van der Waals surface area (Å²) in [6, 6.07) is 16.7. The van der Waals surface area contributed by atoms with Crippen molar-refractivity contribution in [3.05, 3.63) is 65.9 Å². The monoisotopic (exact) mass is 331 g/mol. The lowest BCUT2D eigenvalue weighted by molar-refractivity contribution is 0.468. The van der Waals surface area contributed by atoms with E-state index in [-0.39, 0.29) is 0 Å². The first kappa shape index (κ1) is 16.1. The molecule has 0 aliphatic heterocycles. The van der Waals surface area contributed by atoms with Crippen LogP contribution in [0.1, 0.15) is 62.5 Å². The van der Waals surface area contributed by atoms with Gasteiger partial charge in [-0.25, -0.2) is 4.98 Å². The predicted octanol–water partition coefficient (Wildman–Crippen LogP) is 6.81. The van der Waals surface area contributed by atoms with Crippen molar-refractivity contribution in [2.45, 2.75) is 51.4 Å². The topological polar surface area (TPSA) is 22.1 Å². The molecule has 0 amide bonds. The van der Waals surface area contributed by atoms with Crippen LogP contribution in [0.25, 0.3) is 10.8 Å². The Morgan fingerprint density at radius 1 is 0.960 bits per heavy atom. The van der Waals surface area contributed by atoms with Crippen molar-refractivity contribution in [3.8, 4) is 11.6 Å². The number of pyridine rings is 1. The second kappa shape index (κ2) is 6.87. The standard InChI is InChI=1S/C23H25NO/c1-16(2)18-12-13-20-21(14-18)22(17-8-6-7-9-17)15-24-23(20)25-19-10-4-3-5-11-19/h3-5,10-17H,6-9H2,1-2H3. The fourth-order valence-corrected chi connectivity index (χ4v) is 3.86. The maximum Gasteiger partial charge on any atom is 0.227 e. The maximum atomic E-state index is 6.10. The summed E-state index contributed by atoms with van der Waals surface area (Å²) in [4.78, 5) is 4.70. The Balaban J connectivity index is 1.83. The number of rotatable bonds is 4. The van der Waals surface area contributed by atoms with Crippen molar-refractivity contribution in [1.82, 2.24) is 4.98 Å². The van der Waals surface area contributed by atoms with E-state index in [4.69, 9.17) is 9.72 Å². The molecule has 3 aromatic rings. The highest BCUT2D eigenvalue weighted by Crippen LogP contribution is 2.40. The third-order valence-corrected chi connectivity index (χ3v) is 5.33. The van der Waals surface area contributed by atoms with E-state index in [9.17, 15) is 0 Å². The Bertz CT molecular complexity index is 864. The normalized spacial score (nSPS) is 15.2. The van der Waals surface area contributed by atoms with Gasteiger partial charge >= 0.3 is 0 Å². The molecule has 0 bridgehead atoms. The predicted molar refractivity (Wildman–Crippen MR) is 104 cm³/mol. The summed E-state index contributed by atoms with van der Waals surface area (Å²) in [6.45, 7) is 4.50. The molecular formula is C23H25NO. The van der Waals surface area contributed by atoms with E-state index >= 15 is 0 Å². The third kappa shape index (κ3) is 3.26. The molecule has 0 spiro atoms. The molecule has 2 nitrogen and oxygen atoms in total. The Labute approximate surface area is 149 Å². The van der Waals surface area contributed by atoms with Crippen molar-refractivity contribution in [2.75, 3.05) is 0 Å².